The van der Waals surface area contributed by atoms with E-state index in [9.17, 15) is 18.3 Å². The van der Waals surface area contributed by atoms with Crippen molar-refractivity contribution in [1.82, 2.24) is 9.97 Å². The summed E-state index contributed by atoms with van der Waals surface area (Å²) >= 11 is 0. The topological polar surface area (TPSA) is 64.5 Å². The fraction of sp³-hybridized carbons (Fsp3) is 0.643. The minimum absolute atomic E-state index is 0. The second-order valence-electron chi connectivity index (χ2n) is 11.1. The predicted octanol–water partition coefficient (Wildman–Crippen LogP) is 6.53. The Morgan fingerprint density at radius 2 is 1.81 bits per heavy atom. The van der Waals surface area contributed by atoms with Gasteiger partial charge in [0.1, 0.15) is 6.10 Å². The molecule has 2 spiro atoms. The number of alkyl halides is 3. The van der Waals surface area contributed by atoms with Gasteiger partial charge in [-0.05, 0) is 54.7 Å². The largest absolute Gasteiger partial charge is 0.417 e. The lowest BCUT2D eigenvalue weighted by Crippen LogP contribution is -2.40. The molecule has 2 aliphatic carbocycles. The van der Waals surface area contributed by atoms with Crippen molar-refractivity contribution in [3.63, 3.8) is 0 Å². The third-order valence-electron chi connectivity index (χ3n) is 8.59. The second-order valence-corrected chi connectivity index (χ2v) is 11.1. The van der Waals surface area contributed by atoms with Crippen LogP contribution < -0.4 is 0 Å². The van der Waals surface area contributed by atoms with Crippen LogP contribution in [0.15, 0.2) is 18.3 Å². The zero-order valence-corrected chi connectivity index (χ0v) is 20.1. The molecule has 2 aromatic rings. The van der Waals surface area contributed by atoms with E-state index in [4.69, 9.17) is 14.5 Å². The van der Waals surface area contributed by atoms with Gasteiger partial charge in [0.05, 0.1) is 23.0 Å². The fourth-order valence-corrected chi connectivity index (χ4v) is 6.72. The Bertz CT molecular complexity index is 1140. The highest BCUT2D eigenvalue weighted by atomic mass is 19.4. The first kappa shape index (κ1) is 25.6. The number of rotatable bonds is 2. The maximum absolute atomic E-state index is 13.2. The van der Waals surface area contributed by atoms with Crippen LogP contribution in [-0.4, -0.2) is 28.3 Å². The van der Waals surface area contributed by atoms with Gasteiger partial charge in [0.25, 0.3) is 0 Å². The van der Waals surface area contributed by atoms with E-state index >= 15 is 0 Å². The monoisotopic (exact) mass is 504 g/mol. The summed E-state index contributed by atoms with van der Waals surface area (Å²) < 4.78 is 52.1. The molecule has 2 atom stereocenters. The van der Waals surface area contributed by atoms with Crippen molar-refractivity contribution in [3.05, 3.63) is 57.7 Å². The minimum atomic E-state index is -4.45. The number of pyridine rings is 2. The average molecular weight is 505 g/mol. The van der Waals surface area contributed by atoms with E-state index in [2.05, 4.69) is 18.8 Å². The summed E-state index contributed by atoms with van der Waals surface area (Å²) in [5.41, 5.74) is 3.78. The molecule has 1 N–H and O–H groups in total. The smallest absolute Gasteiger partial charge is 0.388 e. The Labute approximate surface area is 210 Å². The standard InChI is InChI=1S/C27H31F3N2O3.CH4/c1-15(2)23-21-22(20-18(32-23)12-25(6-3-7-25)13-19(20)33)26(8-10-34-11-9-26)35-24(21)17-5-4-16(14-31-17)27(28,29)30;/h4-5,14-15,19,24,33H,3,6-13H2,1-2H3;1H4/t19-,24+;/m0./s1. The normalized spacial score (nSPS) is 25.9. The molecule has 0 unspecified atom stereocenters. The zero-order valence-electron chi connectivity index (χ0n) is 20.1. The molecule has 4 aliphatic rings. The molecule has 0 amide bonds. The molecule has 5 nitrogen and oxygen atoms in total. The van der Waals surface area contributed by atoms with Crippen molar-refractivity contribution in [2.45, 2.75) is 96.1 Å². The van der Waals surface area contributed by atoms with Crippen molar-refractivity contribution in [3.8, 4) is 0 Å². The number of halogens is 3. The molecule has 36 heavy (non-hydrogen) atoms. The third kappa shape index (κ3) is 3.87. The molecule has 1 saturated heterocycles. The zero-order chi connectivity index (χ0) is 24.6. The number of nitrogens with zero attached hydrogens (tertiary/aromatic N) is 2. The number of fused-ring (bicyclic) bond motifs is 4. The number of aliphatic hydroxyl groups is 1. The number of hydrogen-bond donors (Lipinski definition) is 1. The number of ether oxygens (including phenoxy) is 2. The Morgan fingerprint density at radius 3 is 2.36 bits per heavy atom. The summed E-state index contributed by atoms with van der Waals surface area (Å²) in [5.74, 6) is 0.0843. The number of aliphatic hydroxyl groups excluding tert-OH is 1. The molecule has 0 aromatic carbocycles. The molecular weight excluding hydrogens is 469 g/mol. The highest BCUT2D eigenvalue weighted by Crippen LogP contribution is 2.60. The quantitative estimate of drug-likeness (QED) is 0.504. The van der Waals surface area contributed by atoms with Crippen molar-refractivity contribution >= 4 is 0 Å². The molecule has 2 aromatic heterocycles. The second kappa shape index (κ2) is 8.77. The van der Waals surface area contributed by atoms with E-state index in [-0.39, 0.29) is 18.8 Å². The Balaban J connectivity index is 0.00000267. The molecule has 1 saturated carbocycles. The van der Waals surface area contributed by atoms with Gasteiger partial charge in [-0.15, -0.1) is 0 Å². The summed E-state index contributed by atoms with van der Waals surface area (Å²) in [4.78, 5) is 9.36. The number of aromatic nitrogens is 2. The molecule has 0 radical (unpaired) electrons. The van der Waals surface area contributed by atoms with Gasteiger partial charge >= 0.3 is 6.18 Å². The van der Waals surface area contributed by atoms with E-state index in [1.165, 1.54) is 12.5 Å². The maximum atomic E-state index is 13.2. The van der Waals surface area contributed by atoms with Gasteiger partial charge in [-0.25, -0.2) is 0 Å². The van der Waals surface area contributed by atoms with Crippen LogP contribution in [0.2, 0.25) is 0 Å². The summed E-state index contributed by atoms with van der Waals surface area (Å²) in [5, 5.41) is 11.5. The number of hydrogen-bond acceptors (Lipinski definition) is 5. The van der Waals surface area contributed by atoms with Crippen molar-refractivity contribution in [2.75, 3.05) is 13.2 Å². The van der Waals surface area contributed by atoms with Crippen LogP contribution in [0, 0.1) is 5.41 Å². The first-order valence-electron chi connectivity index (χ1n) is 12.7. The van der Waals surface area contributed by atoms with E-state index in [1.807, 2.05) is 0 Å². The van der Waals surface area contributed by atoms with Crippen molar-refractivity contribution in [1.29, 1.82) is 0 Å². The molecule has 196 valence electrons. The maximum Gasteiger partial charge on any atom is 0.417 e. The van der Waals surface area contributed by atoms with Crippen LogP contribution in [0.4, 0.5) is 13.2 Å². The SMILES string of the molecule is C.CC(C)c1nc2c(c3c1[C@@H](c1ccc(C(F)(F)F)cn1)OC31CCOCC1)[C@@H](O)CC1(CCC1)C2. The summed E-state index contributed by atoms with van der Waals surface area (Å²) in [6.07, 6.45) is 1.45. The molecule has 6 rings (SSSR count). The van der Waals surface area contributed by atoms with Gasteiger partial charge in [-0.3, -0.25) is 9.97 Å². The van der Waals surface area contributed by atoms with Crippen LogP contribution in [0.25, 0.3) is 0 Å². The molecule has 2 fully saturated rings. The van der Waals surface area contributed by atoms with E-state index < -0.39 is 29.5 Å². The predicted molar refractivity (Wildman–Crippen MR) is 129 cm³/mol. The molecule has 4 heterocycles. The Morgan fingerprint density at radius 1 is 1.08 bits per heavy atom. The van der Waals surface area contributed by atoms with E-state index in [0.29, 0.717) is 31.7 Å². The van der Waals surface area contributed by atoms with Crippen molar-refractivity contribution < 1.29 is 27.8 Å². The van der Waals surface area contributed by atoms with Crippen LogP contribution in [-0.2, 0) is 27.7 Å². The Hall–Kier alpha value is -2.03. The van der Waals surface area contributed by atoms with E-state index in [1.54, 1.807) is 0 Å². The van der Waals surface area contributed by atoms with Gasteiger partial charge in [-0.2, -0.15) is 13.2 Å². The van der Waals surface area contributed by atoms with Gasteiger partial charge in [-0.1, -0.05) is 27.7 Å². The fourth-order valence-electron chi connectivity index (χ4n) is 6.72. The lowest BCUT2D eigenvalue weighted by atomic mass is 9.58. The lowest BCUT2D eigenvalue weighted by Gasteiger charge is -2.48. The molecular formula is C28H35F3N2O3. The third-order valence-corrected chi connectivity index (χ3v) is 8.59. The average Bonchev–Trinajstić information content (AvgIpc) is 3.11. The summed E-state index contributed by atoms with van der Waals surface area (Å²) in [7, 11) is 0. The first-order chi connectivity index (χ1) is 16.6. The van der Waals surface area contributed by atoms with Crippen LogP contribution in [0.1, 0.15) is 117 Å². The lowest BCUT2D eigenvalue weighted by molar-refractivity contribution is -0.138. The van der Waals surface area contributed by atoms with Gasteiger partial charge in [0, 0.05) is 54.8 Å². The van der Waals surface area contributed by atoms with Gasteiger partial charge in [0.2, 0.25) is 0 Å². The first-order valence-corrected chi connectivity index (χ1v) is 12.7. The van der Waals surface area contributed by atoms with E-state index in [0.717, 1.165) is 66.0 Å². The Kier molecular flexibility index (Phi) is 6.24. The summed E-state index contributed by atoms with van der Waals surface area (Å²) in [6.45, 7) is 5.22. The van der Waals surface area contributed by atoms with Crippen molar-refractivity contribution in [2.24, 2.45) is 5.41 Å². The minimum Gasteiger partial charge on any atom is -0.388 e. The van der Waals surface area contributed by atoms with Gasteiger partial charge < -0.3 is 14.6 Å². The van der Waals surface area contributed by atoms with Gasteiger partial charge in [0.15, 0.2) is 0 Å². The molecule has 2 aliphatic heterocycles. The van der Waals surface area contributed by atoms with Crippen LogP contribution in [0.3, 0.4) is 0 Å². The molecule has 8 heteroatoms. The molecule has 0 bridgehead atoms. The highest BCUT2D eigenvalue weighted by Gasteiger charge is 2.54. The highest BCUT2D eigenvalue weighted by molar-refractivity contribution is 5.54. The van der Waals surface area contributed by atoms with Crippen LogP contribution in [0.5, 0.6) is 0 Å². The van der Waals surface area contributed by atoms with Crippen LogP contribution >= 0.6 is 0 Å². The summed E-state index contributed by atoms with van der Waals surface area (Å²) in [6, 6.07) is 2.48.